The van der Waals surface area contributed by atoms with Crippen LogP contribution in [0.5, 0.6) is 0 Å². The summed E-state index contributed by atoms with van der Waals surface area (Å²) in [5, 5.41) is 0. The highest BCUT2D eigenvalue weighted by Gasteiger charge is 2.15. The molecular formula is C18H18N2O3. The van der Waals surface area contributed by atoms with Crippen LogP contribution in [0.1, 0.15) is 20.7 Å². The topological polar surface area (TPSA) is 72.6 Å². The molecule has 1 aliphatic heterocycles. The van der Waals surface area contributed by atoms with E-state index in [1.54, 1.807) is 18.2 Å². The summed E-state index contributed by atoms with van der Waals surface area (Å²) in [5.41, 5.74) is 8.69. The van der Waals surface area contributed by atoms with Crippen molar-refractivity contribution in [2.75, 3.05) is 31.2 Å². The van der Waals surface area contributed by atoms with E-state index in [1.165, 1.54) is 0 Å². The first-order valence-corrected chi connectivity index (χ1v) is 7.52. The first-order chi connectivity index (χ1) is 11.2. The van der Waals surface area contributed by atoms with Crippen LogP contribution in [0.3, 0.4) is 0 Å². The Morgan fingerprint density at radius 1 is 1.09 bits per heavy atom. The molecule has 2 N–H and O–H groups in total. The summed E-state index contributed by atoms with van der Waals surface area (Å²) in [6.07, 6.45) is 0.658. The predicted octanol–water partition coefficient (Wildman–Crippen LogP) is 2.10. The number of benzene rings is 2. The maximum Gasteiger partial charge on any atom is 0.250 e. The van der Waals surface area contributed by atoms with Crippen molar-refractivity contribution in [2.45, 2.75) is 0 Å². The molecule has 118 valence electrons. The van der Waals surface area contributed by atoms with Crippen molar-refractivity contribution in [1.29, 1.82) is 0 Å². The largest absolute Gasteiger partial charge is 0.378 e. The van der Waals surface area contributed by atoms with Crippen LogP contribution in [0.15, 0.2) is 42.5 Å². The summed E-state index contributed by atoms with van der Waals surface area (Å²) in [5.74, 6) is -0.597. The van der Waals surface area contributed by atoms with Gasteiger partial charge in [0.05, 0.1) is 18.8 Å². The quantitative estimate of drug-likeness (QED) is 0.878. The number of hydrogen-bond donors (Lipinski definition) is 1. The number of primary amides is 1. The molecule has 0 radical (unpaired) electrons. The minimum Gasteiger partial charge on any atom is -0.378 e. The van der Waals surface area contributed by atoms with Gasteiger partial charge < -0.3 is 15.4 Å². The van der Waals surface area contributed by atoms with Crippen LogP contribution < -0.4 is 10.6 Å². The molecule has 0 aliphatic carbocycles. The van der Waals surface area contributed by atoms with Crippen LogP contribution in [0, 0.1) is 0 Å². The van der Waals surface area contributed by atoms with Gasteiger partial charge in [0.1, 0.15) is 0 Å². The highest BCUT2D eigenvalue weighted by molar-refractivity contribution is 6.06. The van der Waals surface area contributed by atoms with Gasteiger partial charge in [-0.05, 0) is 23.3 Å². The highest BCUT2D eigenvalue weighted by atomic mass is 16.5. The van der Waals surface area contributed by atoms with E-state index in [0.29, 0.717) is 17.4 Å². The number of amides is 1. The lowest BCUT2D eigenvalue weighted by molar-refractivity contribution is 0.0993. The maximum atomic E-state index is 11.7. The molecule has 23 heavy (non-hydrogen) atoms. The standard InChI is InChI=1S/C18H18N2O3/c19-18(22)17-14(12-21)2-1-3-16(17)13-4-6-15(7-5-13)20-8-10-23-11-9-20/h1-7,12H,8-11H2,(H2,19,22). The van der Waals surface area contributed by atoms with E-state index in [4.69, 9.17) is 10.5 Å². The fourth-order valence-corrected chi connectivity index (χ4v) is 2.86. The number of nitrogens with two attached hydrogens (primary N) is 1. The molecule has 5 nitrogen and oxygen atoms in total. The van der Waals surface area contributed by atoms with Gasteiger partial charge in [-0.3, -0.25) is 9.59 Å². The van der Waals surface area contributed by atoms with Crippen LogP contribution in [0.25, 0.3) is 11.1 Å². The number of nitrogens with zero attached hydrogens (tertiary/aromatic N) is 1. The summed E-state index contributed by atoms with van der Waals surface area (Å²) in [6, 6.07) is 13.1. The summed E-state index contributed by atoms with van der Waals surface area (Å²) in [7, 11) is 0. The Balaban J connectivity index is 1.96. The number of carbonyl (C=O) groups excluding carboxylic acids is 2. The summed E-state index contributed by atoms with van der Waals surface area (Å²) < 4.78 is 5.36. The lowest BCUT2D eigenvalue weighted by Crippen LogP contribution is -2.36. The van der Waals surface area contributed by atoms with Gasteiger partial charge in [0.25, 0.3) is 0 Å². The molecule has 1 saturated heterocycles. The lowest BCUT2D eigenvalue weighted by atomic mass is 9.95. The van der Waals surface area contributed by atoms with Gasteiger partial charge >= 0.3 is 0 Å². The first kappa shape index (κ1) is 15.2. The van der Waals surface area contributed by atoms with E-state index < -0.39 is 5.91 Å². The molecule has 3 rings (SSSR count). The number of rotatable bonds is 4. The molecule has 0 spiro atoms. The second-order valence-electron chi connectivity index (χ2n) is 5.40. The molecule has 1 aliphatic rings. The van der Waals surface area contributed by atoms with Gasteiger partial charge in [-0.15, -0.1) is 0 Å². The molecule has 1 heterocycles. The average Bonchev–Trinajstić information content (AvgIpc) is 2.61. The zero-order valence-corrected chi connectivity index (χ0v) is 12.7. The third-order valence-electron chi connectivity index (χ3n) is 4.02. The SMILES string of the molecule is NC(=O)c1c(C=O)cccc1-c1ccc(N2CCOCC2)cc1. The Bertz CT molecular complexity index is 720. The second kappa shape index (κ2) is 6.62. The Morgan fingerprint density at radius 3 is 2.39 bits per heavy atom. The van der Waals surface area contributed by atoms with Gasteiger partial charge in [-0.2, -0.15) is 0 Å². The normalized spacial score (nSPS) is 14.5. The van der Waals surface area contributed by atoms with Gasteiger partial charge in [0.15, 0.2) is 6.29 Å². The minimum atomic E-state index is -0.597. The molecule has 0 saturated carbocycles. The van der Waals surface area contributed by atoms with E-state index in [-0.39, 0.29) is 5.56 Å². The van der Waals surface area contributed by atoms with Gasteiger partial charge in [-0.1, -0.05) is 30.3 Å². The molecule has 1 fully saturated rings. The van der Waals surface area contributed by atoms with E-state index in [2.05, 4.69) is 4.90 Å². The van der Waals surface area contributed by atoms with Crippen molar-refractivity contribution in [2.24, 2.45) is 5.73 Å². The first-order valence-electron chi connectivity index (χ1n) is 7.52. The van der Waals surface area contributed by atoms with Gasteiger partial charge in [0.2, 0.25) is 5.91 Å². The monoisotopic (exact) mass is 310 g/mol. The molecule has 2 aromatic carbocycles. The number of hydrogen-bond acceptors (Lipinski definition) is 4. The fraction of sp³-hybridized carbons (Fsp3) is 0.222. The molecular weight excluding hydrogens is 292 g/mol. The van der Waals surface area contributed by atoms with E-state index >= 15 is 0 Å². The van der Waals surface area contributed by atoms with Crippen LogP contribution in [0.2, 0.25) is 0 Å². The van der Waals surface area contributed by atoms with Crippen molar-refractivity contribution in [3.05, 3.63) is 53.6 Å². The zero-order chi connectivity index (χ0) is 16.2. The molecule has 0 aromatic heterocycles. The van der Waals surface area contributed by atoms with Crippen molar-refractivity contribution >= 4 is 17.9 Å². The lowest BCUT2D eigenvalue weighted by Gasteiger charge is -2.29. The van der Waals surface area contributed by atoms with Crippen molar-refractivity contribution in [3.63, 3.8) is 0 Å². The Kier molecular flexibility index (Phi) is 4.39. The Labute approximate surface area is 134 Å². The average molecular weight is 310 g/mol. The molecule has 0 bridgehead atoms. The third-order valence-corrected chi connectivity index (χ3v) is 4.02. The minimum absolute atomic E-state index is 0.265. The summed E-state index contributed by atoms with van der Waals surface area (Å²) in [4.78, 5) is 25.1. The molecule has 0 atom stereocenters. The van der Waals surface area contributed by atoms with Crippen molar-refractivity contribution < 1.29 is 14.3 Å². The molecule has 2 aromatic rings. The third kappa shape index (κ3) is 3.10. The maximum absolute atomic E-state index is 11.7. The van der Waals surface area contributed by atoms with Crippen LogP contribution in [0.4, 0.5) is 5.69 Å². The van der Waals surface area contributed by atoms with Crippen molar-refractivity contribution in [1.82, 2.24) is 0 Å². The number of anilines is 1. The van der Waals surface area contributed by atoms with Gasteiger partial charge in [-0.25, -0.2) is 0 Å². The number of carbonyl (C=O) groups is 2. The van der Waals surface area contributed by atoms with Crippen LogP contribution in [-0.4, -0.2) is 38.5 Å². The van der Waals surface area contributed by atoms with Crippen LogP contribution >= 0.6 is 0 Å². The smallest absolute Gasteiger partial charge is 0.250 e. The number of ether oxygens (including phenoxy) is 1. The number of aldehydes is 1. The van der Waals surface area contributed by atoms with E-state index in [9.17, 15) is 9.59 Å². The fourth-order valence-electron chi connectivity index (χ4n) is 2.86. The van der Waals surface area contributed by atoms with E-state index in [1.807, 2.05) is 24.3 Å². The molecule has 1 amide bonds. The predicted molar refractivity (Wildman–Crippen MR) is 88.8 cm³/mol. The van der Waals surface area contributed by atoms with Crippen LogP contribution in [-0.2, 0) is 4.74 Å². The summed E-state index contributed by atoms with van der Waals surface area (Å²) in [6.45, 7) is 3.20. The highest BCUT2D eigenvalue weighted by Crippen LogP contribution is 2.28. The van der Waals surface area contributed by atoms with Crippen molar-refractivity contribution in [3.8, 4) is 11.1 Å². The molecule has 5 heteroatoms. The van der Waals surface area contributed by atoms with Gasteiger partial charge in [0, 0.05) is 24.3 Å². The number of morpholine rings is 1. The Hall–Kier alpha value is -2.66. The van der Waals surface area contributed by atoms with E-state index in [0.717, 1.165) is 37.6 Å². The summed E-state index contributed by atoms with van der Waals surface area (Å²) >= 11 is 0. The zero-order valence-electron chi connectivity index (χ0n) is 12.7. The molecule has 0 unspecified atom stereocenters. The second-order valence-corrected chi connectivity index (χ2v) is 5.40. The Morgan fingerprint density at radius 2 is 1.78 bits per heavy atom.